The average Bonchev–Trinajstić information content (AvgIpc) is 2.28. The van der Waals surface area contributed by atoms with Crippen molar-refractivity contribution in [1.82, 2.24) is 5.32 Å². The maximum absolute atomic E-state index is 11.8. The Kier molecular flexibility index (Phi) is 4.85. The lowest BCUT2D eigenvalue weighted by Crippen LogP contribution is -2.29. The van der Waals surface area contributed by atoms with E-state index >= 15 is 0 Å². The third kappa shape index (κ3) is 3.30. The van der Waals surface area contributed by atoms with Crippen LogP contribution in [0.3, 0.4) is 0 Å². The number of nitrogens with one attached hydrogen (secondary N) is 2. The van der Waals surface area contributed by atoms with Crippen LogP contribution in [-0.2, 0) is 4.79 Å². The van der Waals surface area contributed by atoms with Crippen molar-refractivity contribution in [2.45, 2.75) is 13.8 Å². The fourth-order valence-electron chi connectivity index (χ4n) is 1.71. The molecule has 0 heterocycles. The number of rotatable bonds is 5. The number of carbonyl (C=O) groups excluding carboxylic acids is 1. The third-order valence-electron chi connectivity index (χ3n) is 2.70. The number of anilines is 1. The molecule has 0 aliphatic heterocycles. The van der Waals surface area contributed by atoms with Gasteiger partial charge in [-0.2, -0.15) is 0 Å². The van der Waals surface area contributed by atoms with Crippen molar-refractivity contribution in [2.75, 3.05) is 18.9 Å². The first-order chi connectivity index (χ1) is 8.47. The number of aryl methyl sites for hydroxylation is 1. The topological polar surface area (TPSA) is 78.4 Å². The van der Waals surface area contributed by atoms with Gasteiger partial charge in [-0.05, 0) is 25.6 Å². The highest BCUT2D eigenvalue weighted by Crippen LogP contribution is 2.20. The molecule has 1 unspecified atom stereocenters. The van der Waals surface area contributed by atoms with Crippen LogP contribution in [0.2, 0.25) is 0 Å². The molecule has 5 nitrogen and oxygen atoms in total. The summed E-state index contributed by atoms with van der Waals surface area (Å²) in [4.78, 5) is 23.0. The summed E-state index contributed by atoms with van der Waals surface area (Å²) in [6.07, 6.45) is 0. The largest absolute Gasteiger partial charge is 0.478 e. The van der Waals surface area contributed by atoms with E-state index in [1.807, 2.05) is 0 Å². The summed E-state index contributed by atoms with van der Waals surface area (Å²) >= 11 is 0. The van der Waals surface area contributed by atoms with Gasteiger partial charge in [0.2, 0.25) is 5.91 Å². The van der Waals surface area contributed by atoms with Crippen LogP contribution in [0.1, 0.15) is 22.8 Å². The molecule has 0 fully saturated rings. The van der Waals surface area contributed by atoms with Crippen molar-refractivity contribution >= 4 is 17.6 Å². The smallest absolute Gasteiger partial charge is 0.338 e. The molecule has 1 aromatic carbocycles. The molecule has 1 atom stereocenters. The van der Waals surface area contributed by atoms with E-state index < -0.39 is 5.97 Å². The van der Waals surface area contributed by atoms with Crippen LogP contribution in [0.4, 0.5) is 5.69 Å². The first-order valence-electron chi connectivity index (χ1n) is 5.75. The van der Waals surface area contributed by atoms with Crippen LogP contribution in [0, 0.1) is 12.8 Å². The number of hydrogen-bond donors (Lipinski definition) is 3. The zero-order valence-electron chi connectivity index (χ0n) is 10.8. The second kappa shape index (κ2) is 6.16. The molecule has 0 aromatic heterocycles. The summed E-state index contributed by atoms with van der Waals surface area (Å²) in [6, 6.07) is 5.02. The number of carboxylic acid groups (broad SMARTS) is 1. The summed E-state index contributed by atoms with van der Waals surface area (Å²) in [5.74, 6) is -1.46. The molecule has 0 spiro atoms. The average molecular weight is 250 g/mol. The Morgan fingerprint density at radius 2 is 2.06 bits per heavy atom. The van der Waals surface area contributed by atoms with Crippen molar-refractivity contribution < 1.29 is 14.7 Å². The highest BCUT2D eigenvalue weighted by atomic mass is 16.4. The first kappa shape index (κ1) is 14.2. The number of aromatic carboxylic acids is 1. The second-order valence-electron chi connectivity index (χ2n) is 4.25. The Balaban J connectivity index is 2.94. The minimum Gasteiger partial charge on any atom is -0.478 e. The standard InChI is InChI=1S/C13H18N2O3/c1-8-5-4-6-10(11(8)13(17)18)15-12(16)9(2)7-14-3/h4-6,9,14H,7H2,1-3H3,(H,15,16)(H,17,18). The molecule has 0 saturated carbocycles. The summed E-state index contributed by atoms with van der Waals surface area (Å²) in [5.41, 5.74) is 1.11. The molecule has 98 valence electrons. The summed E-state index contributed by atoms with van der Waals surface area (Å²) < 4.78 is 0. The molecule has 0 aliphatic rings. The van der Waals surface area contributed by atoms with Crippen molar-refractivity contribution in [1.29, 1.82) is 0 Å². The van der Waals surface area contributed by atoms with E-state index in [0.717, 1.165) is 0 Å². The highest BCUT2D eigenvalue weighted by molar-refractivity contribution is 6.02. The Hall–Kier alpha value is -1.88. The van der Waals surface area contributed by atoms with Gasteiger partial charge in [0.25, 0.3) is 0 Å². The van der Waals surface area contributed by atoms with Crippen molar-refractivity contribution in [3.8, 4) is 0 Å². The van der Waals surface area contributed by atoms with E-state index in [-0.39, 0.29) is 17.4 Å². The quantitative estimate of drug-likeness (QED) is 0.739. The van der Waals surface area contributed by atoms with Crippen LogP contribution < -0.4 is 10.6 Å². The molecule has 0 aliphatic carbocycles. The van der Waals surface area contributed by atoms with Gasteiger partial charge in [0, 0.05) is 12.5 Å². The van der Waals surface area contributed by atoms with Gasteiger partial charge < -0.3 is 15.7 Å². The predicted molar refractivity (Wildman–Crippen MR) is 69.9 cm³/mol. The third-order valence-corrected chi connectivity index (χ3v) is 2.70. The van der Waals surface area contributed by atoms with Crippen LogP contribution >= 0.6 is 0 Å². The molecule has 3 N–H and O–H groups in total. The molecule has 0 saturated heterocycles. The van der Waals surface area contributed by atoms with Gasteiger partial charge in [-0.1, -0.05) is 19.1 Å². The van der Waals surface area contributed by atoms with E-state index in [2.05, 4.69) is 10.6 Å². The number of carboxylic acids is 1. The van der Waals surface area contributed by atoms with Crippen molar-refractivity contribution in [2.24, 2.45) is 5.92 Å². The minimum atomic E-state index is -1.04. The molecular weight excluding hydrogens is 232 g/mol. The first-order valence-corrected chi connectivity index (χ1v) is 5.75. The fraction of sp³-hybridized carbons (Fsp3) is 0.385. The highest BCUT2D eigenvalue weighted by Gasteiger charge is 2.17. The number of benzene rings is 1. The van der Waals surface area contributed by atoms with Gasteiger partial charge in [-0.3, -0.25) is 4.79 Å². The molecule has 1 amide bonds. The fourth-order valence-corrected chi connectivity index (χ4v) is 1.71. The molecular formula is C13H18N2O3. The van der Waals surface area contributed by atoms with Gasteiger partial charge in [-0.25, -0.2) is 4.79 Å². The Morgan fingerprint density at radius 3 is 2.61 bits per heavy atom. The molecule has 5 heteroatoms. The van der Waals surface area contributed by atoms with Gasteiger partial charge >= 0.3 is 5.97 Å². The lowest BCUT2D eigenvalue weighted by Gasteiger charge is -2.14. The van der Waals surface area contributed by atoms with Crippen LogP contribution in [0.25, 0.3) is 0 Å². The zero-order chi connectivity index (χ0) is 13.7. The lowest BCUT2D eigenvalue weighted by atomic mass is 10.1. The van der Waals surface area contributed by atoms with Crippen LogP contribution in [-0.4, -0.2) is 30.6 Å². The number of hydrogen-bond acceptors (Lipinski definition) is 3. The molecule has 1 aromatic rings. The minimum absolute atomic E-state index is 0.141. The Bertz CT molecular complexity index is 458. The maximum Gasteiger partial charge on any atom is 0.338 e. The Morgan fingerprint density at radius 1 is 1.39 bits per heavy atom. The lowest BCUT2D eigenvalue weighted by molar-refractivity contribution is -0.119. The van der Waals surface area contributed by atoms with Crippen molar-refractivity contribution in [3.63, 3.8) is 0 Å². The molecule has 0 radical (unpaired) electrons. The van der Waals surface area contributed by atoms with Gasteiger partial charge in [-0.15, -0.1) is 0 Å². The number of carbonyl (C=O) groups is 2. The monoisotopic (exact) mass is 250 g/mol. The van der Waals surface area contributed by atoms with Gasteiger partial charge in [0.15, 0.2) is 0 Å². The number of amides is 1. The van der Waals surface area contributed by atoms with Crippen LogP contribution in [0.5, 0.6) is 0 Å². The van der Waals surface area contributed by atoms with E-state index in [9.17, 15) is 9.59 Å². The summed E-state index contributed by atoms with van der Waals surface area (Å²) in [5, 5.41) is 14.7. The van der Waals surface area contributed by atoms with E-state index in [1.165, 1.54) is 0 Å². The molecule has 0 bridgehead atoms. The molecule has 1 rings (SSSR count). The van der Waals surface area contributed by atoms with Crippen molar-refractivity contribution in [3.05, 3.63) is 29.3 Å². The van der Waals surface area contributed by atoms with Gasteiger partial charge in [0.05, 0.1) is 11.3 Å². The van der Waals surface area contributed by atoms with E-state index in [1.54, 1.807) is 39.1 Å². The summed E-state index contributed by atoms with van der Waals surface area (Å²) in [6.45, 7) is 4.03. The Labute approximate surface area is 106 Å². The van der Waals surface area contributed by atoms with Gasteiger partial charge in [0.1, 0.15) is 0 Å². The van der Waals surface area contributed by atoms with E-state index in [0.29, 0.717) is 17.8 Å². The SMILES string of the molecule is CNCC(C)C(=O)Nc1cccc(C)c1C(=O)O. The summed E-state index contributed by atoms with van der Waals surface area (Å²) in [7, 11) is 1.76. The second-order valence-corrected chi connectivity index (χ2v) is 4.25. The zero-order valence-corrected chi connectivity index (χ0v) is 10.8. The predicted octanol–water partition coefficient (Wildman–Crippen LogP) is 1.49. The van der Waals surface area contributed by atoms with Crippen LogP contribution in [0.15, 0.2) is 18.2 Å². The maximum atomic E-state index is 11.8. The normalized spacial score (nSPS) is 11.9. The van der Waals surface area contributed by atoms with E-state index in [4.69, 9.17) is 5.11 Å². The molecule has 18 heavy (non-hydrogen) atoms.